The number of primary amides is 3. The Labute approximate surface area is 698 Å². The van der Waals surface area contributed by atoms with Crippen molar-refractivity contribution < 1.29 is 141 Å². The summed E-state index contributed by atoms with van der Waals surface area (Å²) in [5.41, 5.74) is 38.5. The number of aliphatic hydroxyl groups is 3. The molecule has 0 radical (unpaired) electrons. The Kier molecular flexibility index (Phi) is 48.0. The molecule has 52 nitrogen and oxygen atoms in total. The summed E-state index contributed by atoms with van der Waals surface area (Å²) < 4.78 is 0. The Balaban J connectivity index is 3.59. The van der Waals surface area contributed by atoms with Gasteiger partial charge in [-0.05, 0) is 103 Å². The molecule has 0 spiro atoms. The summed E-state index contributed by atoms with van der Waals surface area (Å²) in [5, 5.41) is 98.8. The van der Waals surface area contributed by atoms with E-state index in [-0.39, 0.29) is 89.3 Å². The van der Waals surface area contributed by atoms with Gasteiger partial charge >= 0.3 is 23.9 Å². The zero-order valence-corrected chi connectivity index (χ0v) is 68.2. The van der Waals surface area contributed by atoms with Crippen molar-refractivity contribution in [1.82, 2.24) is 79.3 Å². The smallest absolute Gasteiger partial charge is 0.328 e. The van der Waals surface area contributed by atoms with Gasteiger partial charge in [0.2, 0.25) is 106 Å². The lowest BCUT2D eigenvalue weighted by molar-refractivity contribution is -0.146. The lowest BCUT2D eigenvalue weighted by Crippen LogP contribution is -2.61. The molecule has 122 heavy (non-hydrogen) atoms. The van der Waals surface area contributed by atoms with Gasteiger partial charge in [-0.15, -0.1) is 0 Å². The number of nitrogens with zero attached hydrogens (tertiary/aromatic N) is 2. The fraction of sp³-hybridized carbons (Fsp3) is 0.671. The standard InChI is InChI=1S/C70H117N23O29/c1-30(2)21-39(85-56(108)34(72)28-94)62(114)87-42(24-49(75)99)63(115)86-40(22-31(3)4)61(113)83-37(14-16-47(73)97)60(112)82-36(11-7-8-18-71)59(111)88-43(25-52(103)104)64(116)84-38(15-17-51(101)102)68(120)93-20-10-13-46(93)67(119)90-41(23-48(74)98)57(109)79-27-50(100)81-35(12-9-19-78-70(76)77)58(110)80-32(5)55(107)91-45(29-95)66(118)89-44(26-53(105)106)65(117)92-54(33(6)96)69(121)122/h30-46,54,94-96H,7-29,71-72H2,1-6H3,(H2,73,97)(H2,74,98)(H2,75,99)(H,79,109)(H,80,110)(H,81,100)(H,82,112)(H,83,113)(H,84,116)(H,85,108)(H,86,115)(H,87,114)(H,88,111)(H,89,118)(H,90,119)(H,91,107)(H,92,117)(H,101,102)(H,103,104)(H,105,106)(H,121,122)(H4,76,77,78)/t32-,33+,34-,35-,36-,37-,38-,39-,40-,41-,42-,43-,44-,45-,46-,54-/m0/s1. The number of rotatable bonds is 59. The predicted octanol–water partition coefficient (Wildman–Crippen LogP) is -13.7. The summed E-state index contributed by atoms with van der Waals surface area (Å²) in [5.74, 6) is -29.2. The van der Waals surface area contributed by atoms with Crippen LogP contribution in [0.15, 0.2) is 4.99 Å². The second kappa shape index (κ2) is 54.6. The van der Waals surface area contributed by atoms with Crippen LogP contribution >= 0.6 is 0 Å². The van der Waals surface area contributed by atoms with Crippen LogP contribution in [0.5, 0.6) is 0 Å². The van der Waals surface area contributed by atoms with E-state index in [1.165, 1.54) is 0 Å². The number of carboxylic acids is 4. The molecule has 686 valence electrons. The molecule has 0 aromatic rings. The summed E-state index contributed by atoms with van der Waals surface area (Å²) in [6.07, 6.45) is -9.73. The topological polar surface area (TPSA) is 883 Å². The van der Waals surface area contributed by atoms with E-state index in [1.807, 2.05) is 10.6 Å². The molecule has 1 aliphatic heterocycles. The summed E-state index contributed by atoms with van der Waals surface area (Å²) >= 11 is 0. The number of likely N-dealkylation sites (tertiary alicyclic amines) is 1. The number of guanidine groups is 1. The van der Waals surface area contributed by atoms with Gasteiger partial charge in [-0.2, -0.15) is 0 Å². The Morgan fingerprint density at radius 2 is 0.828 bits per heavy atom. The van der Waals surface area contributed by atoms with Crippen molar-refractivity contribution in [3.8, 4) is 0 Å². The third-order valence-electron chi connectivity index (χ3n) is 17.9. The molecule has 18 amide bonds. The van der Waals surface area contributed by atoms with Crippen molar-refractivity contribution >= 4 is 136 Å². The van der Waals surface area contributed by atoms with E-state index in [0.717, 1.165) is 18.7 Å². The molecular weight excluding hydrogens is 1630 g/mol. The van der Waals surface area contributed by atoms with Gasteiger partial charge in [0.15, 0.2) is 12.0 Å². The third kappa shape index (κ3) is 40.9. The number of nitrogens with one attached hydrogen (secondary N) is 14. The molecule has 1 saturated heterocycles. The Bertz CT molecular complexity index is 3750. The zero-order chi connectivity index (χ0) is 93.1. The minimum absolute atomic E-state index is 0.00916. The minimum Gasteiger partial charge on any atom is -0.481 e. The number of nitrogens with two attached hydrogens (primary N) is 7. The quantitative estimate of drug-likeness (QED) is 0.0153. The average Bonchev–Trinajstić information content (AvgIpc) is 1.67. The SMILES string of the molecule is CC(C)C[C@H](NC(=O)[C@H](CC(N)=O)NC(=O)[C@H](CC(C)C)NC(=O)[C@@H](N)CO)C(=O)N[C@@H](CCC(N)=O)C(=O)N[C@@H](CCCCN)C(=O)N[C@@H](CC(=O)O)C(=O)N[C@@H](CCC(=O)O)C(=O)N1CCC[C@H]1C(=O)N[C@@H](CC(N)=O)C(=O)NCC(=O)N[C@@H](CCCN=C(N)N)C(=O)N[C@@H](C)C(=O)N[C@@H](CO)C(=O)N[C@@H](CC(=O)O)C(=O)N[C@H](C(=O)O)[C@@H](C)O. The van der Waals surface area contributed by atoms with E-state index in [1.54, 1.807) is 27.7 Å². The molecule has 1 fully saturated rings. The number of aliphatic carboxylic acids is 4. The number of carbonyl (C=O) groups excluding carboxylic acids is 18. The number of hydrogen-bond acceptors (Lipinski definition) is 28. The lowest BCUT2D eigenvalue weighted by atomic mass is 10.00. The van der Waals surface area contributed by atoms with Crippen molar-refractivity contribution in [2.24, 2.45) is 57.0 Å². The van der Waals surface area contributed by atoms with Crippen LogP contribution in [0, 0.1) is 11.8 Å². The third-order valence-corrected chi connectivity index (χ3v) is 17.9. The highest BCUT2D eigenvalue weighted by atomic mass is 16.4. The lowest BCUT2D eigenvalue weighted by Gasteiger charge is -2.30. The fourth-order valence-electron chi connectivity index (χ4n) is 11.7. The molecule has 0 aromatic heterocycles. The normalized spacial score (nSPS) is 16.0. The number of amides is 18. The molecule has 52 heteroatoms. The summed E-state index contributed by atoms with van der Waals surface area (Å²) in [6.45, 7) is 5.19. The Morgan fingerprint density at radius 3 is 1.28 bits per heavy atom. The maximum atomic E-state index is 14.6. The maximum absolute atomic E-state index is 14.6. The van der Waals surface area contributed by atoms with E-state index in [2.05, 4.69) is 68.8 Å². The molecule has 0 aliphatic carbocycles. The van der Waals surface area contributed by atoms with Gasteiger partial charge in [0, 0.05) is 25.9 Å². The van der Waals surface area contributed by atoms with Gasteiger partial charge < -0.3 is 155 Å². The van der Waals surface area contributed by atoms with Crippen LogP contribution in [0.3, 0.4) is 0 Å². The molecule has 0 unspecified atom stereocenters. The van der Waals surface area contributed by atoms with Gasteiger partial charge in [0.25, 0.3) is 0 Å². The number of aliphatic hydroxyl groups excluding tert-OH is 3. The van der Waals surface area contributed by atoms with E-state index in [9.17, 15) is 141 Å². The molecule has 1 aliphatic rings. The van der Waals surface area contributed by atoms with E-state index >= 15 is 0 Å². The average molecular weight is 1740 g/mol. The maximum Gasteiger partial charge on any atom is 0.328 e. The van der Waals surface area contributed by atoms with Crippen molar-refractivity contribution in [2.75, 3.05) is 39.4 Å². The minimum atomic E-state index is -2.18. The highest BCUT2D eigenvalue weighted by Crippen LogP contribution is 2.21. The van der Waals surface area contributed by atoms with Crippen LogP contribution in [-0.2, 0) is 105 Å². The Morgan fingerprint density at radius 1 is 0.418 bits per heavy atom. The monoisotopic (exact) mass is 1740 g/mol. The van der Waals surface area contributed by atoms with Crippen LogP contribution in [0.4, 0.5) is 0 Å². The first kappa shape index (κ1) is 107. The molecule has 1 rings (SSSR count). The fourth-order valence-corrected chi connectivity index (χ4v) is 11.7. The summed E-state index contributed by atoms with van der Waals surface area (Å²) in [4.78, 5) is 296. The molecule has 0 aromatic carbocycles. The number of carboxylic acid groups (broad SMARTS) is 4. The van der Waals surface area contributed by atoms with Crippen molar-refractivity contribution in [3.63, 3.8) is 0 Å². The van der Waals surface area contributed by atoms with Gasteiger partial charge in [-0.25, -0.2) is 4.79 Å². The first-order valence-electron chi connectivity index (χ1n) is 38.6. The van der Waals surface area contributed by atoms with Crippen molar-refractivity contribution in [1.29, 1.82) is 0 Å². The van der Waals surface area contributed by atoms with Crippen LogP contribution in [0.25, 0.3) is 0 Å². The highest BCUT2D eigenvalue weighted by molar-refractivity contribution is 6.02. The van der Waals surface area contributed by atoms with Crippen molar-refractivity contribution in [3.05, 3.63) is 0 Å². The predicted molar refractivity (Wildman–Crippen MR) is 419 cm³/mol. The van der Waals surface area contributed by atoms with E-state index in [0.29, 0.717) is 0 Å². The molecule has 0 saturated carbocycles. The number of unbranched alkanes of at least 4 members (excludes halogenated alkanes) is 1. The molecular formula is C70H117N23O29. The second-order valence-electron chi connectivity index (χ2n) is 29.4. The molecule has 16 atom stereocenters. The van der Waals surface area contributed by atoms with Crippen LogP contribution in [-0.4, -0.2) is 313 Å². The molecule has 35 N–H and O–H groups in total. The summed E-state index contributed by atoms with van der Waals surface area (Å²) in [6, 6.07) is -26.7. The number of carbonyl (C=O) groups is 22. The van der Waals surface area contributed by atoms with Crippen LogP contribution in [0.2, 0.25) is 0 Å². The Hall–Kier alpha value is -12.6. The van der Waals surface area contributed by atoms with Crippen molar-refractivity contribution in [2.45, 2.75) is 247 Å². The number of hydrogen-bond donors (Lipinski definition) is 28. The first-order valence-corrected chi connectivity index (χ1v) is 38.6. The second-order valence-corrected chi connectivity index (χ2v) is 29.4. The van der Waals surface area contributed by atoms with Gasteiger partial charge in [-0.3, -0.25) is 106 Å². The van der Waals surface area contributed by atoms with Gasteiger partial charge in [-0.1, -0.05) is 27.7 Å². The largest absolute Gasteiger partial charge is 0.481 e. The molecule has 0 bridgehead atoms. The van der Waals surface area contributed by atoms with Crippen LogP contribution in [0.1, 0.15) is 151 Å². The van der Waals surface area contributed by atoms with E-state index in [4.69, 9.17) is 40.1 Å². The van der Waals surface area contributed by atoms with Crippen LogP contribution < -0.4 is 115 Å². The number of aliphatic imine (C=N–C) groups is 1. The zero-order valence-electron chi connectivity index (χ0n) is 68.2. The molecule has 1 heterocycles. The highest BCUT2D eigenvalue weighted by Gasteiger charge is 2.43. The van der Waals surface area contributed by atoms with E-state index < -0.39 is 304 Å². The van der Waals surface area contributed by atoms with Gasteiger partial charge in [0.05, 0.1) is 51.5 Å². The van der Waals surface area contributed by atoms with Gasteiger partial charge in [0.1, 0.15) is 84.6 Å². The first-order chi connectivity index (χ1) is 57.0. The summed E-state index contributed by atoms with van der Waals surface area (Å²) in [7, 11) is 0.